The Bertz CT molecular complexity index is 1090. The van der Waals surface area contributed by atoms with Gasteiger partial charge in [0.25, 0.3) is 0 Å². The summed E-state index contributed by atoms with van der Waals surface area (Å²) in [4.78, 5) is 11.0. The maximum atomic E-state index is 11.0. The van der Waals surface area contributed by atoms with E-state index >= 15 is 0 Å². The zero-order valence-electron chi connectivity index (χ0n) is 17.4. The van der Waals surface area contributed by atoms with Crippen LogP contribution in [-0.4, -0.2) is 19.2 Å². The molecule has 4 heteroatoms. The number of para-hydroxylation sites is 1. The van der Waals surface area contributed by atoms with Crippen LogP contribution in [0.15, 0.2) is 114 Å². The Morgan fingerprint density at radius 1 is 0.839 bits per heavy atom. The highest BCUT2D eigenvalue weighted by Gasteiger charge is 2.47. The Balaban J connectivity index is 0.00000272. The summed E-state index contributed by atoms with van der Waals surface area (Å²) in [6.45, 7) is 0. The monoisotopic (exact) mass is 490 g/mol. The number of allylic oxidation sites excluding steroid dienone is 5. The number of benzene rings is 3. The van der Waals surface area contributed by atoms with Crippen molar-refractivity contribution in [1.29, 1.82) is 0 Å². The largest absolute Gasteiger partial charge is 1.00 e. The van der Waals surface area contributed by atoms with E-state index in [0.717, 1.165) is 11.9 Å². The molecule has 0 spiro atoms. The molecule has 0 aromatic heterocycles. The second-order valence-electron chi connectivity index (χ2n) is 7.25. The number of hydrogen-bond donors (Lipinski definition) is 0. The summed E-state index contributed by atoms with van der Waals surface area (Å²) >= 11 is 0. The maximum absolute atomic E-state index is 11.0. The minimum atomic E-state index is -2.06. The molecule has 0 N–H and O–H groups in total. The topological polar surface area (TPSA) is 26.3 Å². The lowest BCUT2D eigenvalue weighted by Crippen LogP contribution is -3.00. The molecular formula is C27H24BrO2P. The van der Waals surface area contributed by atoms with Crippen molar-refractivity contribution in [1.82, 2.24) is 0 Å². The van der Waals surface area contributed by atoms with Crippen molar-refractivity contribution in [3.05, 3.63) is 114 Å². The van der Waals surface area contributed by atoms with Gasteiger partial charge in [0.05, 0.1) is 13.3 Å². The first-order valence-corrected chi connectivity index (χ1v) is 12.0. The quantitative estimate of drug-likeness (QED) is 0.387. The van der Waals surface area contributed by atoms with Crippen molar-refractivity contribution in [3.63, 3.8) is 0 Å². The number of methoxy groups -OCH3 is 1. The summed E-state index contributed by atoms with van der Waals surface area (Å²) in [5, 5.41) is 3.86. The molecule has 0 saturated carbocycles. The van der Waals surface area contributed by atoms with Crippen LogP contribution in [0.1, 0.15) is 6.42 Å². The van der Waals surface area contributed by atoms with Crippen molar-refractivity contribution in [2.75, 3.05) is 13.3 Å². The predicted molar refractivity (Wildman–Crippen MR) is 128 cm³/mol. The molecule has 0 atom stereocenters. The molecule has 0 fully saturated rings. The molecular weight excluding hydrogens is 467 g/mol. The van der Waals surface area contributed by atoms with Crippen LogP contribution in [-0.2, 0) is 4.79 Å². The third-order valence-electron chi connectivity index (χ3n) is 5.52. The van der Waals surface area contributed by atoms with Crippen LogP contribution in [0.4, 0.5) is 0 Å². The molecule has 0 unspecified atom stereocenters. The highest BCUT2D eigenvalue weighted by molar-refractivity contribution is 7.96. The fourth-order valence-electron chi connectivity index (χ4n) is 4.06. The third-order valence-corrected chi connectivity index (χ3v) is 9.91. The van der Waals surface area contributed by atoms with E-state index in [9.17, 15) is 4.79 Å². The van der Waals surface area contributed by atoms with Crippen LogP contribution >= 0.6 is 7.26 Å². The number of halogens is 1. The Labute approximate surface area is 195 Å². The molecule has 3 aromatic rings. The summed E-state index contributed by atoms with van der Waals surface area (Å²) < 4.78 is 5.85. The molecule has 0 aliphatic heterocycles. The fraction of sp³-hybridized carbons (Fsp3) is 0.111. The summed E-state index contributed by atoms with van der Waals surface area (Å²) in [7, 11) is -0.316. The van der Waals surface area contributed by atoms with Crippen LogP contribution in [0.5, 0.6) is 5.75 Å². The van der Waals surface area contributed by atoms with Crippen LogP contribution in [0.3, 0.4) is 0 Å². The number of rotatable bonds is 6. The second-order valence-corrected chi connectivity index (χ2v) is 10.7. The van der Waals surface area contributed by atoms with Gasteiger partial charge in [-0.25, -0.2) is 4.79 Å². The predicted octanol–water partition coefficient (Wildman–Crippen LogP) is 1.64. The fourth-order valence-corrected chi connectivity index (χ4v) is 8.47. The molecule has 0 bridgehead atoms. The molecule has 1 aliphatic rings. The van der Waals surface area contributed by atoms with Crippen molar-refractivity contribution < 1.29 is 26.5 Å². The summed E-state index contributed by atoms with van der Waals surface area (Å²) in [5.41, 5.74) is 1.93. The van der Waals surface area contributed by atoms with Crippen molar-refractivity contribution in [2.45, 2.75) is 6.42 Å². The Kier molecular flexibility index (Phi) is 7.82. The Morgan fingerprint density at radius 2 is 1.42 bits per heavy atom. The number of carbonyl (C=O) groups excluding carboxylic acids is 1. The van der Waals surface area contributed by atoms with Gasteiger partial charge in [0.1, 0.15) is 29.1 Å². The zero-order valence-corrected chi connectivity index (χ0v) is 19.9. The van der Waals surface area contributed by atoms with E-state index in [2.05, 4.69) is 84.9 Å². The van der Waals surface area contributed by atoms with E-state index in [4.69, 9.17) is 4.74 Å². The number of hydrogen-bond acceptors (Lipinski definition) is 2. The van der Waals surface area contributed by atoms with Gasteiger partial charge in [0.15, 0.2) is 5.75 Å². The first kappa shape index (κ1) is 23.0. The summed E-state index contributed by atoms with van der Waals surface area (Å²) in [6.07, 6.45) is 7.63. The minimum Gasteiger partial charge on any atom is -1.00 e. The third kappa shape index (κ3) is 4.65. The zero-order chi connectivity index (χ0) is 20.8. The van der Waals surface area contributed by atoms with E-state index in [-0.39, 0.29) is 17.0 Å². The molecule has 1 aliphatic carbocycles. The summed E-state index contributed by atoms with van der Waals surface area (Å²) in [5.74, 6) is 2.93. The second kappa shape index (κ2) is 10.6. The van der Waals surface area contributed by atoms with Crippen LogP contribution in [0, 0.1) is 0 Å². The van der Waals surface area contributed by atoms with E-state index in [0.29, 0.717) is 12.0 Å². The SMILES string of the molecule is COc1ccccc1[P+](CC1=CCC(=C=O)C=C1)(c1ccccc1)c1ccccc1.[Br-]. The molecule has 4 rings (SSSR count). The molecule has 0 saturated heterocycles. The van der Waals surface area contributed by atoms with Crippen LogP contribution in [0.25, 0.3) is 0 Å². The van der Waals surface area contributed by atoms with Gasteiger partial charge in [-0.15, -0.1) is 0 Å². The lowest BCUT2D eigenvalue weighted by atomic mass is 10.1. The highest BCUT2D eigenvalue weighted by Crippen LogP contribution is 2.58. The van der Waals surface area contributed by atoms with Crippen molar-refractivity contribution in [2.24, 2.45) is 0 Å². The molecule has 156 valence electrons. The van der Waals surface area contributed by atoms with Crippen LogP contribution in [0.2, 0.25) is 0 Å². The minimum absolute atomic E-state index is 0. The summed E-state index contributed by atoms with van der Waals surface area (Å²) in [6, 6.07) is 29.9. The van der Waals surface area contributed by atoms with Gasteiger partial charge in [-0.1, -0.05) is 60.7 Å². The van der Waals surface area contributed by atoms with Gasteiger partial charge in [0.2, 0.25) is 0 Å². The normalized spacial score (nSPS) is 13.1. The lowest BCUT2D eigenvalue weighted by Gasteiger charge is -2.29. The molecule has 0 radical (unpaired) electrons. The Hall–Kier alpha value is -2.70. The van der Waals surface area contributed by atoms with Gasteiger partial charge >= 0.3 is 0 Å². The van der Waals surface area contributed by atoms with Gasteiger partial charge in [-0.2, -0.15) is 0 Å². The van der Waals surface area contributed by atoms with Gasteiger partial charge in [-0.3, -0.25) is 0 Å². The van der Waals surface area contributed by atoms with Gasteiger partial charge in [-0.05, 0) is 48.0 Å². The van der Waals surface area contributed by atoms with Gasteiger partial charge in [0, 0.05) is 12.0 Å². The smallest absolute Gasteiger partial charge is 0.161 e. The maximum Gasteiger partial charge on any atom is 0.161 e. The molecule has 31 heavy (non-hydrogen) atoms. The van der Waals surface area contributed by atoms with Crippen LogP contribution < -0.4 is 37.6 Å². The Morgan fingerprint density at radius 3 is 1.94 bits per heavy atom. The first-order valence-electron chi connectivity index (χ1n) is 10.0. The standard InChI is InChI=1S/C27H24O2P.BrH/c1-29-26-14-8-9-15-27(26)30(24-10-4-2-5-11-24,25-12-6-3-7-13-25)21-23-18-16-22(20-28)17-19-23;/h2-16,18-19H,17,21H2,1H3;1H/q+1;/p-1. The molecule has 3 aromatic carbocycles. The van der Waals surface area contributed by atoms with E-state index in [1.807, 2.05) is 24.2 Å². The molecule has 2 nitrogen and oxygen atoms in total. The van der Waals surface area contributed by atoms with E-state index < -0.39 is 7.26 Å². The highest BCUT2D eigenvalue weighted by atomic mass is 79.9. The number of ether oxygens (including phenoxy) is 1. The average Bonchev–Trinajstić information content (AvgIpc) is 2.84. The lowest BCUT2D eigenvalue weighted by molar-refractivity contribution is -0.00000714. The van der Waals surface area contributed by atoms with E-state index in [1.165, 1.54) is 21.5 Å². The molecule has 0 amide bonds. The van der Waals surface area contributed by atoms with Gasteiger partial charge < -0.3 is 21.7 Å². The van der Waals surface area contributed by atoms with Crippen molar-refractivity contribution >= 4 is 29.1 Å². The molecule has 0 heterocycles. The first-order chi connectivity index (χ1) is 14.8. The van der Waals surface area contributed by atoms with E-state index in [1.54, 1.807) is 7.11 Å². The van der Waals surface area contributed by atoms with Crippen molar-refractivity contribution in [3.8, 4) is 5.75 Å². The average molecular weight is 491 g/mol.